The molecule has 2 unspecified atom stereocenters. The summed E-state index contributed by atoms with van der Waals surface area (Å²) < 4.78 is 0. The number of hydrogen-bond acceptors (Lipinski definition) is 2. The fraction of sp³-hybridized carbons (Fsp3) is 0.588. The highest BCUT2D eigenvalue weighted by Gasteiger charge is 2.29. The maximum atomic E-state index is 11.8. The molecule has 20 heavy (non-hydrogen) atoms. The quantitative estimate of drug-likeness (QED) is 0.849. The summed E-state index contributed by atoms with van der Waals surface area (Å²) in [6, 6.07) is 8.73. The highest BCUT2D eigenvalue weighted by Crippen LogP contribution is 2.32. The van der Waals surface area contributed by atoms with E-state index in [-0.39, 0.29) is 11.8 Å². The van der Waals surface area contributed by atoms with Crippen molar-refractivity contribution in [3.05, 3.63) is 24.3 Å². The molecule has 2 aliphatic carbocycles. The first-order chi connectivity index (χ1) is 9.76. The molecule has 0 bridgehead atoms. The first-order valence-corrected chi connectivity index (χ1v) is 7.93. The van der Waals surface area contributed by atoms with Gasteiger partial charge in [0.1, 0.15) is 0 Å². The largest absolute Gasteiger partial charge is 0.382 e. The molecule has 2 fully saturated rings. The molecule has 0 heterocycles. The van der Waals surface area contributed by atoms with Crippen molar-refractivity contribution < 1.29 is 4.79 Å². The van der Waals surface area contributed by atoms with Gasteiger partial charge in [-0.1, -0.05) is 25.8 Å². The molecule has 1 aromatic rings. The zero-order valence-electron chi connectivity index (χ0n) is 12.2. The number of benzene rings is 1. The lowest BCUT2D eigenvalue weighted by atomic mass is 10.0. The van der Waals surface area contributed by atoms with Crippen LogP contribution in [-0.4, -0.2) is 11.9 Å². The summed E-state index contributed by atoms with van der Waals surface area (Å²) >= 11 is 0. The van der Waals surface area contributed by atoms with Crippen LogP contribution in [0.15, 0.2) is 24.3 Å². The SMILES string of the molecule is CCC1CCCC1Nc1cccc(NC(=O)C2CC2)c1. The third-order valence-electron chi connectivity index (χ3n) is 4.61. The van der Waals surface area contributed by atoms with Crippen LogP contribution in [0.3, 0.4) is 0 Å². The molecule has 2 atom stereocenters. The summed E-state index contributed by atoms with van der Waals surface area (Å²) in [6.45, 7) is 2.27. The zero-order valence-corrected chi connectivity index (χ0v) is 12.2. The normalized spacial score (nSPS) is 25.4. The number of carbonyl (C=O) groups is 1. The average Bonchev–Trinajstić information content (AvgIpc) is 3.21. The first kappa shape index (κ1) is 13.5. The zero-order chi connectivity index (χ0) is 13.9. The number of amides is 1. The predicted octanol–water partition coefficient (Wildman–Crippen LogP) is 4.03. The fourth-order valence-corrected chi connectivity index (χ4v) is 3.21. The molecule has 0 radical (unpaired) electrons. The van der Waals surface area contributed by atoms with Crippen LogP contribution in [0.1, 0.15) is 45.4 Å². The number of anilines is 2. The van der Waals surface area contributed by atoms with Crippen LogP contribution in [-0.2, 0) is 4.79 Å². The van der Waals surface area contributed by atoms with Gasteiger partial charge >= 0.3 is 0 Å². The second-order valence-electron chi connectivity index (χ2n) is 6.19. The molecule has 3 rings (SSSR count). The van der Waals surface area contributed by atoms with Gasteiger partial charge in [-0.2, -0.15) is 0 Å². The predicted molar refractivity (Wildman–Crippen MR) is 82.8 cm³/mol. The van der Waals surface area contributed by atoms with Crippen molar-refractivity contribution >= 4 is 17.3 Å². The van der Waals surface area contributed by atoms with E-state index in [0.29, 0.717) is 6.04 Å². The standard InChI is InChI=1S/C17H24N2O/c1-2-12-5-3-8-16(12)18-14-6-4-7-15(11-14)19-17(20)13-9-10-13/h4,6-7,11-13,16,18H,2-3,5,8-10H2,1H3,(H,19,20). The van der Waals surface area contributed by atoms with Crippen LogP contribution in [0.5, 0.6) is 0 Å². The van der Waals surface area contributed by atoms with E-state index in [4.69, 9.17) is 0 Å². The summed E-state index contributed by atoms with van der Waals surface area (Å²) in [6.07, 6.45) is 7.27. The lowest BCUT2D eigenvalue weighted by molar-refractivity contribution is -0.117. The number of carbonyl (C=O) groups excluding carboxylic acids is 1. The Morgan fingerprint density at radius 2 is 2.00 bits per heavy atom. The van der Waals surface area contributed by atoms with E-state index in [2.05, 4.69) is 29.7 Å². The van der Waals surface area contributed by atoms with Gasteiger partial charge in [-0.15, -0.1) is 0 Å². The van der Waals surface area contributed by atoms with Crippen LogP contribution in [0.25, 0.3) is 0 Å². The van der Waals surface area contributed by atoms with E-state index in [1.54, 1.807) is 0 Å². The Morgan fingerprint density at radius 1 is 1.20 bits per heavy atom. The van der Waals surface area contributed by atoms with Crippen LogP contribution in [0.4, 0.5) is 11.4 Å². The Kier molecular flexibility index (Phi) is 3.95. The molecule has 1 amide bonds. The first-order valence-electron chi connectivity index (χ1n) is 7.93. The van der Waals surface area contributed by atoms with E-state index < -0.39 is 0 Å². The summed E-state index contributed by atoms with van der Waals surface area (Å²) in [5, 5.41) is 6.66. The second kappa shape index (κ2) is 5.86. The summed E-state index contributed by atoms with van der Waals surface area (Å²) in [5.74, 6) is 1.22. The maximum Gasteiger partial charge on any atom is 0.227 e. The van der Waals surface area contributed by atoms with Crippen molar-refractivity contribution in [1.82, 2.24) is 0 Å². The van der Waals surface area contributed by atoms with E-state index in [1.165, 1.54) is 25.7 Å². The molecule has 0 spiro atoms. The van der Waals surface area contributed by atoms with E-state index in [9.17, 15) is 4.79 Å². The molecule has 2 saturated carbocycles. The van der Waals surface area contributed by atoms with Crippen molar-refractivity contribution in [3.8, 4) is 0 Å². The van der Waals surface area contributed by atoms with Gasteiger partial charge in [0.15, 0.2) is 0 Å². The van der Waals surface area contributed by atoms with Gasteiger partial charge in [-0.05, 0) is 49.8 Å². The monoisotopic (exact) mass is 272 g/mol. The third kappa shape index (κ3) is 3.14. The summed E-state index contributed by atoms with van der Waals surface area (Å²) in [4.78, 5) is 11.8. The van der Waals surface area contributed by atoms with Crippen LogP contribution < -0.4 is 10.6 Å². The Hall–Kier alpha value is -1.51. The van der Waals surface area contributed by atoms with Gasteiger partial charge in [-0.3, -0.25) is 4.79 Å². The Morgan fingerprint density at radius 3 is 2.75 bits per heavy atom. The Labute approximate surface area is 121 Å². The summed E-state index contributed by atoms with van der Waals surface area (Å²) in [7, 11) is 0. The molecule has 0 saturated heterocycles. The average molecular weight is 272 g/mol. The van der Waals surface area contributed by atoms with Gasteiger partial charge < -0.3 is 10.6 Å². The van der Waals surface area contributed by atoms with E-state index in [0.717, 1.165) is 30.1 Å². The van der Waals surface area contributed by atoms with Crippen molar-refractivity contribution in [1.29, 1.82) is 0 Å². The minimum Gasteiger partial charge on any atom is -0.382 e. The molecule has 108 valence electrons. The molecule has 0 aliphatic heterocycles. The molecule has 2 N–H and O–H groups in total. The van der Waals surface area contributed by atoms with Gasteiger partial charge in [0.2, 0.25) is 5.91 Å². The molecular formula is C17H24N2O. The highest BCUT2D eigenvalue weighted by molar-refractivity contribution is 5.94. The molecule has 3 nitrogen and oxygen atoms in total. The Bertz CT molecular complexity index is 482. The van der Waals surface area contributed by atoms with Gasteiger partial charge in [0.05, 0.1) is 0 Å². The Balaban J connectivity index is 1.63. The third-order valence-corrected chi connectivity index (χ3v) is 4.61. The van der Waals surface area contributed by atoms with Crippen molar-refractivity contribution in [2.24, 2.45) is 11.8 Å². The molecule has 0 aromatic heterocycles. The topological polar surface area (TPSA) is 41.1 Å². The lowest BCUT2D eigenvalue weighted by Gasteiger charge is -2.21. The number of hydrogen-bond donors (Lipinski definition) is 2. The number of nitrogens with one attached hydrogen (secondary N) is 2. The van der Waals surface area contributed by atoms with Crippen molar-refractivity contribution in [3.63, 3.8) is 0 Å². The van der Waals surface area contributed by atoms with Crippen LogP contribution in [0.2, 0.25) is 0 Å². The maximum absolute atomic E-state index is 11.8. The van der Waals surface area contributed by atoms with Crippen molar-refractivity contribution in [2.45, 2.75) is 51.5 Å². The smallest absolute Gasteiger partial charge is 0.227 e. The van der Waals surface area contributed by atoms with Gasteiger partial charge in [0.25, 0.3) is 0 Å². The second-order valence-corrected chi connectivity index (χ2v) is 6.19. The lowest BCUT2D eigenvalue weighted by Crippen LogP contribution is -2.23. The summed E-state index contributed by atoms with van der Waals surface area (Å²) in [5.41, 5.74) is 2.04. The van der Waals surface area contributed by atoms with Gasteiger partial charge in [-0.25, -0.2) is 0 Å². The van der Waals surface area contributed by atoms with E-state index in [1.807, 2.05) is 12.1 Å². The minimum atomic E-state index is 0.175. The molecular weight excluding hydrogens is 248 g/mol. The van der Waals surface area contributed by atoms with Crippen LogP contribution >= 0.6 is 0 Å². The number of rotatable bonds is 5. The van der Waals surface area contributed by atoms with Crippen molar-refractivity contribution in [2.75, 3.05) is 10.6 Å². The van der Waals surface area contributed by atoms with Gasteiger partial charge in [0, 0.05) is 23.3 Å². The molecule has 1 aromatic carbocycles. The van der Waals surface area contributed by atoms with E-state index >= 15 is 0 Å². The highest BCUT2D eigenvalue weighted by atomic mass is 16.2. The molecule has 2 aliphatic rings. The molecule has 3 heteroatoms. The minimum absolute atomic E-state index is 0.175. The van der Waals surface area contributed by atoms with Crippen LogP contribution in [0, 0.1) is 11.8 Å². The fourth-order valence-electron chi connectivity index (χ4n) is 3.21.